The van der Waals surface area contributed by atoms with Crippen molar-refractivity contribution < 1.29 is 9.47 Å². The topological polar surface area (TPSA) is 57.4 Å². The molecule has 2 aromatic carbocycles. The number of nitrogens with zero attached hydrogens (tertiary/aromatic N) is 1. The summed E-state index contributed by atoms with van der Waals surface area (Å²) >= 11 is 0. The number of rotatable bonds is 4. The molecular formula is C17H16N2O2. The van der Waals surface area contributed by atoms with Crippen LogP contribution in [0.15, 0.2) is 54.7 Å². The molecule has 0 aliphatic carbocycles. The highest BCUT2D eigenvalue weighted by Crippen LogP contribution is 2.34. The number of pyridine rings is 1. The van der Waals surface area contributed by atoms with Crippen LogP contribution in [0.2, 0.25) is 0 Å². The van der Waals surface area contributed by atoms with Gasteiger partial charge in [-0.2, -0.15) is 0 Å². The summed E-state index contributed by atoms with van der Waals surface area (Å²) in [7, 11) is 1.67. The van der Waals surface area contributed by atoms with E-state index in [2.05, 4.69) is 4.98 Å². The highest BCUT2D eigenvalue weighted by molar-refractivity contribution is 5.89. The van der Waals surface area contributed by atoms with Gasteiger partial charge in [0.2, 0.25) is 0 Å². The number of anilines is 1. The Hall–Kier alpha value is -2.59. The standard InChI is InChI=1S/C17H16N2O2/c1-20-11-12-5-4-6-13(9-12)21-17-14-7-2-3-8-16(14)19-10-15(17)18/h2-10H,11,18H2,1H3. The molecule has 106 valence electrons. The average Bonchev–Trinajstić information content (AvgIpc) is 2.51. The van der Waals surface area contributed by atoms with E-state index in [9.17, 15) is 0 Å². The van der Waals surface area contributed by atoms with E-state index in [4.69, 9.17) is 15.2 Å². The van der Waals surface area contributed by atoms with Crippen LogP contribution in [-0.4, -0.2) is 12.1 Å². The van der Waals surface area contributed by atoms with Crippen LogP contribution in [0.5, 0.6) is 11.5 Å². The summed E-state index contributed by atoms with van der Waals surface area (Å²) in [4.78, 5) is 4.31. The first-order chi connectivity index (χ1) is 10.3. The van der Waals surface area contributed by atoms with Crippen molar-refractivity contribution in [1.82, 2.24) is 4.98 Å². The number of para-hydroxylation sites is 1. The minimum absolute atomic E-state index is 0.519. The second-order valence-corrected chi connectivity index (χ2v) is 4.74. The lowest BCUT2D eigenvalue weighted by atomic mass is 10.2. The molecule has 0 atom stereocenters. The average molecular weight is 280 g/mol. The molecule has 4 heteroatoms. The third-order valence-electron chi connectivity index (χ3n) is 3.18. The van der Waals surface area contributed by atoms with Crippen LogP contribution in [0.25, 0.3) is 10.9 Å². The van der Waals surface area contributed by atoms with Gasteiger partial charge in [-0.05, 0) is 29.8 Å². The van der Waals surface area contributed by atoms with Gasteiger partial charge < -0.3 is 15.2 Å². The van der Waals surface area contributed by atoms with E-state index in [-0.39, 0.29) is 0 Å². The van der Waals surface area contributed by atoms with Crippen LogP contribution < -0.4 is 10.5 Å². The van der Waals surface area contributed by atoms with Crippen LogP contribution in [-0.2, 0) is 11.3 Å². The summed E-state index contributed by atoms with van der Waals surface area (Å²) in [6, 6.07) is 15.5. The van der Waals surface area contributed by atoms with Crippen molar-refractivity contribution in [3.05, 3.63) is 60.3 Å². The Labute approximate surface area is 123 Å². The SMILES string of the molecule is COCc1cccc(Oc2c(N)cnc3ccccc23)c1. The molecular weight excluding hydrogens is 264 g/mol. The minimum Gasteiger partial charge on any atom is -0.454 e. The third-order valence-corrected chi connectivity index (χ3v) is 3.18. The molecule has 3 rings (SSSR count). The van der Waals surface area contributed by atoms with Crippen LogP contribution >= 0.6 is 0 Å². The van der Waals surface area contributed by atoms with Crippen molar-refractivity contribution in [2.24, 2.45) is 0 Å². The predicted molar refractivity (Wildman–Crippen MR) is 83.4 cm³/mol. The second-order valence-electron chi connectivity index (χ2n) is 4.74. The van der Waals surface area contributed by atoms with Gasteiger partial charge in [0, 0.05) is 12.5 Å². The van der Waals surface area contributed by atoms with Crippen LogP contribution in [0.4, 0.5) is 5.69 Å². The number of nitrogens with two attached hydrogens (primary N) is 1. The largest absolute Gasteiger partial charge is 0.454 e. The normalized spacial score (nSPS) is 10.7. The first-order valence-electron chi connectivity index (χ1n) is 6.67. The van der Waals surface area contributed by atoms with Crippen LogP contribution in [0.3, 0.4) is 0 Å². The third kappa shape index (κ3) is 2.80. The zero-order valence-electron chi connectivity index (χ0n) is 11.7. The molecule has 0 amide bonds. The van der Waals surface area contributed by atoms with E-state index < -0.39 is 0 Å². The number of nitrogen functional groups attached to an aromatic ring is 1. The quantitative estimate of drug-likeness (QED) is 0.790. The molecule has 0 saturated carbocycles. The van der Waals surface area contributed by atoms with Gasteiger partial charge in [0.1, 0.15) is 5.75 Å². The zero-order valence-corrected chi connectivity index (χ0v) is 11.7. The summed E-state index contributed by atoms with van der Waals surface area (Å²) in [6.07, 6.45) is 1.62. The van der Waals surface area contributed by atoms with E-state index in [1.54, 1.807) is 13.3 Å². The Morgan fingerprint density at radius 1 is 1.10 bits per heavy atom. The monoisotopic (exact) mass is 280 g/mol. The fraction of sp³-hybridized carbons (Fsp3) is 0.118. The Morgan fingerprint density at radius 2 is 1.95 bits per heavy atom. The minimum atomic E-state index is 0.519. The van der Waals surface area contributed by atoms with Gasteiger partial charge in [0.25, 0.3) is 0 Å². The Kier molecular flexibility index (Phi) is 3.71. The van der Waals surface area contributed by atoms with Crippen molar-refractivity contribution in [2.45, 2.75) is 6.61 Å². The smallest absolute Gasteiger partial charge is 0.161 e. The highest BCUT2D eigenvalue weighted by atomic mass is 16.5. The predicted octanol–water partition coefficient (Wildman–Crippen LogP) is 3.76. The van der Waals surface area contributed by atoms with E-state index >= 15 is 0 Å². The van der Waals surface area contributed by atoms with Crippen molar-refractivity contribution in [1.29, 1.82) is 0 Å². The molecule has 1 heterocycles. The van der Waals surface area contributed by atoms with E-state index in [0.717, 1.165) is 22.2 Å². The van der Waals surface area contributed by atoms with E-state index in [1.165, 1.54) is 0 Å². The summed E-state index contributed by atoms with van der Waals surface area (Å²) in [6.45, 7) is 0.545. The molecule has 0 bridgehead atoms. The lowest BCUT2D eigenvalue weighted by Crippen LogP contribution is -1.96. The summed E-state index contributed by atoms with van der Waals surface area (Å²) in [5.41, 5.74) is 8.44. The fourth-order valence-corrected chi connectivity index (χ4v) is 2.23. The number of ether oxygens (including phenoxy) is 2. The van der Waals surface area contributed by atoms with E-state index in [0.29, 0.717) is 18.0 Å². The maximum Gasteiger partial charge on any atom is 0.161 e. The Bertz CT molecular complexity index is 772. The number of benzene rings is 2. The molecule has 1 aromatic heterocycles. The maximum atomic E-state index is 6.02. The molecule has 21 heavy (non-hydrogen) atoms. The van der Waals surface area contributed by atoms with Crippen molar-refractivity contribution in [3.8, 4) is 11.5 Å². The fourth-order valence-electron chi connectivity index (χ4n) is 2.23. The summed E-state index contributed by atoms with van der Waals surface area (Å²) in [5, 5.41) is 0.898. The molecule has 0 saturated heterocycles. The van der Waals surface area contributed by atoms with Gasteiger partial charge in [-0.3, -0.25) is 4.98 Å². The molecule has 0 unspecified atom stereocenters. The first kappa shape index (κ1) is 13.4. The van der Waals surface area contributed by atoms with Gasteiger partial charge in [-0.25, -0.2) is 0 Å². The van der Waals surface area contributed by atoms with Crippen LogP contribution in [0.1, 0.15) is 5.56 Å². The number of hydrogen-bond donors (Lipinski definition) is 1. The van der Waals surface area contributed by atoms with Gasteiger partial charge in [-0.1, -0.05) is 24.3 Å². The molecule has 4 nitrogen and oxygen atoms in total. The molecule has 0 aliphatic heterocycles. The Balaban J connectivity index is 2.01. The summed E-state index contributed by atoms with van der Waals surface area (Å²) < 4.78 is 11.1. The van der Waals surface area contributed by atoms with Crippen molar-refractivity contribution >= 4 is 16.6 Å². The molecule has 3 aromatic rings. The number of hydrogen-bond acceptors (Lipinski definition) is 4. The lowest BCUT2D eigenvalue weighted by molar-refractivity contribution is 0.184. The van der Waals surface area contributed by atoms with E-state index in [1.807, 2.05) is 48.5 Å². The van der Waals surface area contributed by atoms with Gasteiger partial charge >= 0.3 is 0 Å². The lowest BCUT2D eigenvalue weighted by Gasteiger charge is -2.12. The summed E-state index contributed by atoms with van der Waals surface area (Å²) in [5.74, 6) is 1.36. The zero-order chi connectivity index (χ0) is 14.7. The Morgan fingerprint density at radius 3 is 2.81 bits per heavy atom. The number of methoxy groups -OCH3 is 1. The van der Waals surface area contributed by atoms with Gasteiger partial charge in [0.15, 0.2) is 5.75 Å². The van der Waals surface area contributed by atoms with Gasteiger partial charge in [0.05, 0.1) is 24.0 Å². The van der Waals surface area contributed by atoms with Crippen molar-refractivity contribution in [3.63, 3.8) is 0 Å². The number of fused-ring (bicyclic) bond motifs is 1. The maximum absolute atomic E-state index is 6.02. The molecule has 0 fully saturated rings. The molecule has 0 aliphatic rings. The molecule has 0 radical (unpaired) electrons. The van der Waals surface area contributed by atoms with Gasteiger partial charge in [-0.15, -0.1) is 0 Å². The van der Waals surface area contributed by atoms with Crippen LogP contribution in [0, 0.1) is 0 Å². The molecule has 0 spiro atoms. The highest BCUT2D eigenvalue weighted by Gasteiger charge is 2.09. The first-order valence-corrected chi connectivity index (χ1v) is 6.67. The van der Waals surface area contributed by atoms with Crippen molar-refractivity contribution in [2.75, 3.05) is 12.8 Å². The molecule has 2 N–H and O–H groups in total. The number of aromatic nitrogens is 1. The second kappa shape index (κ2) is 5.81.